The van der Waals surface area contributed by atoms with Gasteiger partial charge in [0.25, 0.3) is 0 Å². The van der Waals surface area contributed by atoms with Crippen LogP contribution in [0.1, 0.15) is 20.3 Å². The number of hydrogen-bond donors (Lipinski definition) is 2. The number of nitrogens with one attached hydrogen (secondary N) is 2. The highest BCUT2D eigenvalue weighted by molar-refractivity contribution is 7.89. The largest absolute Gasteiger partial charge is 0.387 e. The van der Waals surface area contributed by atoms with Crippen molar-refractivity contribution in [3.63, 3.8) is 0 Å². The van der Waals surface area contributed by atoms with E-state index in [1.807, 2.05) is 13.8 Å². The molecule has 0 bridgehead atoms. The zero-order valence-electron chi connectivity index (χ0n) is 12.4. The first kappa shape index (κ1) is 16.9. The topological polar surface area (TPSA) is 80.3 Å². The summed E-state index contributed by atoms with van der Waals surface area (Å²) < 4.78 is 32.3. The summed E-state index contributed by atoms with van der Waals surface area (Å²) in [6.07, 6.45) is 3.67. The van der Waals surface area contributed by atoms with Crippen LogP contribution in [0.4, 0.5) is 5.69 Å². The summed E-state index contributed by atoms with van der Waals surface area (Å²) >= 11 is 0. The van der Waals surface area contributed by atoms with Crippen LogP contribution < -0.4 is 10.0 Å². The maximum Gasteiger partial charge on any atom is 0.244 e. The van der Waals surface area contributed by atoms with Crippen molar-refractivity contribution in [1.82, 2.24) is 9.71 Å². The number of ether oxygens (including phenoxy) is 1. The van der Waals surface area contributed by atoms with E-state index >= 15 is 0 Å². The lowest BCUT2D eigenvalue weighted by Crippen LogP contribution is -2.35. The molecule has 0 aliphatic rings. The molecule has 0 radical (unpaired) electrons. The Morgan fingerprint density at radius 2 is 2.10 bits per heavy atom. The summed E-state index contributed by atoms with van der Waals surface area (Å²) in [6.45, 7) is 4.94. The molecule has 7 heteroatoms. The standard InChI is InChI=1S/C13H23N3O3S/c1-13(2,6-8-19-4)10-16-20(17,18)12-9-15-7-5-11(12)14-3/h5,7,9,16H,6,8,10H2,1-4H3,(H,14,15). The normalized spacial score (nSPS) is 12.4. The monoisotopic (exact) mass is 301 g/mol. The fourth-order valence-electron chi connectivity index (χ4n) is 1.64. The van der Waals surface area contributed by atoms with Crippen LogP contribution >= 0.6 is 0 Å². The van der Waals surface area contributed by atoms with Gasteiger partial charge in [0, 0.05) is 39.7 Å². The van der Waals surface area contributed by atoms with Crippen molar-refractivity contribution in [2.45, 2.75) is 25.2 Å². The predicted octanol–water partition coefficient (Wildman–Crippen LogP) is 1.46. The molecule has 0 atom stereocenters. The predicted molar refractivity (Wildman–Crippen MR) is 79.2 cm³/mol. The summed E-state index contributed by atoms with van der Waals surface area (Å²) in [5, 5.41) is 2.85. The molecule has 0 fully saturated rings. The van der Waals surface area contributed by atoms with Crippen molar-refractivity contribution in [2.75, 3.05) is 32.6 Å². The molecule has 0 spiro atoms. The Hall–Kier alpha value is -1.18. The SMILES string of the molecule is CNc1ccncc1S(=O)(=O)NCC(C)(C)CCOC. The van der Waals surface area contributed by atoms with Gasteiger partial charge in [-0.3, -0.25) is 4.98 Å². The minimum atomic E-state index is -3.58. The van der Waals surface area contributed by atoms with Crippen molar-refractivity contribution in [3.8, 4) is 0 Å². The molecular weight excluding hydrogens is 278 g/mol. The molecule has 0 aliphatic heterocycles. The first-order chi connectivity index (χ1) is 9.32. The maximum atomic E-state index is 12.3. The first-order valence-electron chi connectivity index (χ1n) is 6.43. The van der Waals surface area contributed by atoms with Crippen LogP contribution in [-0.2, 0) is 14.8 Å². The number of aromatic nitrogens is 1. The van der Waals surface area contributed by atoms with E-state index in [4.69, 9.17) is 4.74 Å². The molecule has 1 aromatic heterocycles. The average molecular weight is 301 g/mol. The highest BCUT2D eigenvalue weighted by Gasteiger charge is 2.24. The fraction of sp³-hybridized carbons (Fsp3) is 0.615. The van der Waals surface area contributed by atoms with Gasteiger partial charge in [0.05, 0.1) is 5.69 Å². The van der Waals surface area contributed by atoms with Gasteiger partial charge in [-0.25, -0.2) is 13.1 Å². The lowest BCUT2D eigenvalue weighted by molar-refractivity contribution is 0.153. The summed E-state index contributed by atoms with van der Waals surface area (Å²) in [7, 11) is -0.266. The molecule has 1 heterocycles. The second kappa shape index (κ2) is 7.01. The molecule has 0 aliphatic carbocycles. The Kier molecular flexibility index (Phi) is 5.91. The Bertz CT molecular complexity index is 529. The van der Waals surface area contributed by atoms with Crippen LogP contribution in [0.3, 0.4) is 0 Å². The molecule has 2 N–H and O–H groups in total. The van der Waals surface area contributed by atoms with Gasteiger partial charge in [-0.2, -0.15) is 0 Å². The van der Waals surface area contributed by atoms with Gasteiger partial charge in [-0.15, -0.1) is 0 Å². The van der Waals surface area contributed by atoms with Crippen molar-refractivity contribution in [3.05, 3.63) is 18.5 Å². The minimum absolute atomic E-state index is 0.157. The van der Waals surface area contributed by atoms with Gasteiger partial charge in [0.1, 0.15) is 4.90 Å². The van der Waals surface area contributed by atoms with Gasteiger partial charge in [-0.05, 0) is 17.9 Å². The Morgan fingerprint density at radius 3 is 2.70 bits per heavy atom. The van der Waals surface area contributed by atoms with E-state index in [1.54, 1.807) is 26.4 Å². The minimum Gasteiger partial charge on any atom is -0.387 e. The molecule has 1 aromatic rings. The molecule has 0 aromatic carbocycles. The molecule has 114 valence electrons. The lowest BCUT2D eigenvalue weighted by Gasteiger charge is -2.24. The van der Waals surface area contributed by atoms with E-state index in [2.05, 4.69) is 15.0 Å². The average Bonchev–Trinajstić information content (AvgIpc) is 2.43. The summed E-state index contributed by atoms with van der Waals surface area (Å²) in [5.41, 5.74) is 0.354. The van der Waals surface area contributed by atoms with Gasteiger partial charge >= 0.3 is 0 Å². The molecule has 20 heavy (non-hydrogen) atoms. The molecule has 0 unspecified atom stereocenters. The van der Waals surface area contributed by atoms with Gasteiger partial charge < -0.3 is 10.1 Å². The van der Waals surface area contributed by atoms with Crippen molar-refractivity contribution in [2.24, 2.45) is 5.41 Å². The quantitative estimate of drug-likeness (QED) is 0.760. The van der Waals surface area contributed by atoms with E-state index < -0.39 is 10.0 Å². The third-order valence-electron chi connectivity index (χ3n) is 3.07. The Morgan fingerprint density at radius 1 is 1.40 bits per heavy atom. The zero-order chi connectivity index (χ0) is 15.2. The zero-order valence-corrected chi connectivity index (χ0v) is 13.3. The summed E-state index contributed by atoms with van der Waals surface area (Å²) in [4.78, 5) is 4.03. The van der Waals surface area contributed by atoms with E-state index in [0.29, 0.717) is 18.8 Å². The van der Waals surface area contributed by atoms with Crippen LogP contribution in [0.25, 0.3) is 0 Å². The lowest BCUT2D eigenvalue weighted by atomic mass is 9.90. The van der Waals surface area contributed by atoms with Crippen molar-refractivity contribution < 1.29 is 13.2 Å². The van der Waals surface area contributed by atoms with E-state index in [9.17, 15) is 8.42 Å². The smallest absolute Gasteiger partial charge is 0.244 e. The van der Waals surface area contributed by atoms with E-state index in [-0.39, 0.29) is 10.3 Å². The van der Waals surface area contributed by atoms with Gasteiger partial charge in [-0.1, -0.05) is 13.8 Å². The van der Waals surface area contributed by atoms with Crippen LogP contribution in [0.2, 0.25) is 0 Å². The van der Waals surface area contributed by atoms with Crippen LogP contribution in [0.15, 0.2) is 23.4 Å². The van der Waals surface area contributed by atoms with Gasteiger partial charge in [0.2, 0.25) is 10.0 Å². The van der Waals surface area contributed by atoms with Crippen LogP contribution in [0, 0.1) is 5.41 Å². The molecule has 0 saturated carbocycles. The molecule has 6 nitrogen and oxygen atoms in total. The molecule has 0 saturated heterocycles. The highest BCUT2D eigenvalue weighted by atomic mass is 32.2. The van der Waals surface area contributed by atoms with Crippen molar-refractivity contribution in [1.29, 1.82) is 0 Å². The summed E-state index contributed by atoms with van der Waals surface area (Å²) in [5.74, 6) is 0. The molecule has 0 amide bonds. The Labute approximate surface area is 121 Å². The number of anilines is 1. The summed E-state index contributed by atoms with van der Waals surface area (Å²) in [6, 6.07) is 1.63. The first-order valence-corrected chi connectivity index (χ1v) is 7.91. The van der Waals surface area contributed by atoms with Crippen LogP contribution in [0.5, 0.6) is 0 Å². The number of sulfonamides is 1. The number of rotatable bonds is 8. The molecule has 1 rings (SSSR count). The third kappa shape index (κ3) is 4.73. The van der Waals surface area contributed by atoms with Crippen molar-refractivity contribution >= 4 is 15.7 Å². The maximum absolute atomic E-state index is 12.3. The van der Waals surface area contributed by atoms with E-state index in [1.165, 1.54) is 6.20 Å². The number of methoxy groups -OCH3 is 1. The third-order valence-corrected chi connectivity index (χ3v) is 4.50. The molecular formula is C13H23N3O3S. The number of hydrogen-bond acceptors (Lipinski definition) is 5. The van der Waals surface area contributed by atoms with E-state index in [0.717, 1.165) is 6.42 Å². The Balaban J connectivity index is 2.80. The van der Waals surface area contributed by atoms with Crippen LogP contribution in [-0.4, -0.2) is 40.7 Å². The number of nitrogens with zero attached hydrogens (tertiary/aromatic N) is 1. The second-order valence-electron chi connectivity index (χ2n) is 5.35. The highest BCUT2D eigenvalue weighted by Crippen LogP contribution is 2.22. The number of pyridine rings is 1. The fourth-order valence-corrected chi connectivity index (χ4v) is 3.03. The second-order valence-corrected chi connectivity index (χ2v) is 7.09. The van der Waals surface area contributed by atoms with Gasteiger partial charge in [0.15, 0.2) is 0 Å².